The van der Waals surface area contributed by atoms with E-state index in [1.165, 1.54) is 5.39 Å². The lowest BCUT2D eigenvalue weighted by molar-refractivity contribution is 0.594. The van der Waals surface area contributed by atoms with E-state index in [-0.39, 0.29) is 0 Å². The first-order chi connectivity index (χ1) is 23.8. The fraction of sp³-hybridized carbons (Fsp3) is 0. The molecule has 11 rings (SSSR count). The Bertz CT molecular complexity index is 3030. The zero-order chi connectivity index (χ0) is 31.3. The summed E-state index contributed by atoms with van der Waals surface area (Å²) < 4.78 is 24.6. The van der Waals surface area contributed by atoms with Crippen LogP contribution in [0.3, 0.4) is 0 Å². The number of hydrogen-bond donors (Lipinski definition) is 0. The van der Waals surface area contributed by atoms with Crippen LogP contribution in [0, 0.1) is 0 Å². The molecule has 0 fully saturated rings. The van der Waals surface area contributed by atoms with Crippen molar-refractivity contribution in [3.05, 3.63) is 146 Å². The second kappa shape index (κ2) is 9.40. The minimum Gasteiger partial charge on any atom is -0.447 e. The summed E-state index contributed by atoms with van der Waals surface area (Å²) in [6.07, 6.45) is 7.12. The predicted octanol–water partition coefficient (Wildman–Crippen LogP) is 10.8. The highest BCUT2D eigenvalue weighted by atomic mass is 16.3. The molecule has 226 valence electrons. The van der Waals surface area contributed by atoms with Crippen LogP contribution in [0.25, 0.3) is 94.3 Å². The molecule has 7 nitrogen and oxygen atoms in total. The summed E-state index contributed by atoms with van der Waals surface area (Å²) >= 11 is 0. The van der Waals surface area contributed by atoms with Gasteiger partial charge in [-0.05, 0) is 83.9 Å². The van der Waals surface area contributed by atoms with E-state index < -0.39 is 0 Å². The average molecular weight is 621 g/mol. The van der Waals surface area contributed by atoms with E-state index in [1.54, 1.807) is 18.8 Å². The molecule has 0 saturated carbocycles. The fourth-order valence-electron chi connectivity index (χ4n) is 7.52. The number of benzene rings is 4. The summed E-state index contributed by atoms with van der Waals surface area (Å²) in [4.78, 5) is 4.77. The molecule has 7 heterocycles. The Morgan fingerprint density at radius 2 is 0.958 bits per heavy atom. The topological polar surface area (TPSA) is 67.1 Å². The van der Waals surface area contributed by atoms with E-state index in [1.807, 2.05) is 36.5 Å². The third-order valence-electron chi connectivity index (χ3n) is 9.60. The second-order valence-electron chi connectivity index (χ2n) is 12.1. The van der Waals surface area contributed by atoms with Crippen LogP contribution in [0.5, 0.6) is 0 Å². The van der Waals surface area contributed by atoms with Gasteiger partial charge in [0.15, 0.2) is 0 Å². The van der Waals surface area contributed by atoms with Gasteiger partial charge in [0.25, 0.3) is 0 Å². The van der Waals surface area contributed by atoms with Crippen molar-refractivity contribution in [1.29, 1.82) is 0 Å². The summed E-state index contributed by atoms with van der Waals surface area (Å²) in [5.41, 5.74) is 9.82. The van der Waals surface area contributed by atoms with Crippen LogP contribution in [0.15, 0.2) is 160 Å². The lowest BCUT2D eigenvalue weighted by atomic mass is 10.1. The summed E-state index contributed by atoms with van der Waals surface area (Å²) in [5, 5.41) is 6.64. The molecule has 0 saturated heterocycles. The highest BCUT2D eigenvalue weighted by Gasteiger charge is 2.20. The van der Waals surface area contributed by atoms with Crippen LogP contribution in [0.4, 0.5) is 0 Å². The Morgan fingerprint density at radius 1 is 0.396 bits per heavy atom. The highest BCUT2D eigenvalue weighted by Crippen LogP contribution is 2.38. The number of aromatic nitrogens is 4. The molecule has 0 unspecified atom stereocenters. The molecule has 48 heavy (non-hydrogen) atoms. The Morgan fingerprint density at radius 3 is 1.67 bits per heavy atom. The van der Waals surface area contributed by atoms with E-state index in [2.05, 4.69) is 105 Å². The van der Waals surface area contributed by atoms with Gasteiger partial charge in [0.05, 0.1) is 35.3 Å². The zero-order valence-electron chi connectivity index (χ0n) is 25.4. The van der Waals surface area contributed by atoms with Crippen LogP contribution in [-0.2, 0) is 0 Å². The number of fused-ring (bicyclic) bond motifs is 9. The normalized spacial score (nSPS) is 12.2. The van der Waals surface area contributed by atoms with Crippen LogP contribution < -0.4 is 0 Å². The molecule has 0 aliphatic heterocycles. The quantitative estimate of drug-likeness (QED) is 0.196. The lowest BCUT2D eigenvalue weighted by Crippen LogP contribution is -1.98. The number of para-hydroxylation sites is 2. The maximum atomic E-state index is 6.15. The highest BCUT2D eigenvalue weighted by molar-refractivity contribution is 6.11. The van der Waals surface area contributed by atoms with Crippen molar-refractivity contribution < 1.29 is 13.3 Å². The molecule has 0 amide bonds. The van der Waals surface area contributed by atoms with Gasteiger partial charge < -0.3 is 13.3 Å². The molecule has 4 aromatic carbocycles. The van der Waals surface area contributed by atoms with Gasteiger partial charge in [0.1, 0.15) is 5.82 Å². The van der Waals surface area contributed by atoms with Gasteiger partial charge in [-0.25, -0.2) is 4.98 Å². The van der Waals surface area contributed by atoms with Gasteiger partial charge in [-0.15, -0.1) is 0 Å². The Hall–Kier alpha value is -6.73. The SMILES string of the molecule is c1cc(-c2ccnc(-n3c4ccccc4c4ccoc43)c2)cc(-n2c3ccc(-n4c5ccccc5c5ccoc54)cc3c3ccoc32)c1. The smallest absolute Gasteiger partial charge is 0.213 e. The van der Waals surface area contributed by atoms with Crippen molar-refractivity contribution in [2.45, 2.75) is 0 Å². The van der Waals surface area contributed by atoms with Gasteiger partial charge in [0.2, 0.25) is 17.1 Å². The number of furan rings is 3. The molecular formula is C41H24N4O3. The van der Waals surface area contributed by atoms with Gasteiger partial charge in [0, 0.05) is 49.9 Å². The summed E-state index contributed by atoms with van der Waals surface area (Å²) in [6, 6.07) is 42.1. The molecule has 11 aromatic rings. The van der Waals surface area contributed by atoms with Gasteiger partial charge in [-0.3, -0.25) is 13.7 Å². The molecule has 0 aliphatic rings. The second-order valence-corrected chi connectivity index (χ2v) is 12.1. The predicted molar refractivity (Wildman–Crippen MR) is 189 cm³/mol. The third kappa shape index (κ3) is 3.39. The molecule has 0 bridgehead atoms. The van der Waals surface area contributed by atoms with Crippen molar-refractivity contribution in [1.82, 2.24) is 18.7 Å². The van der Waals surface area contributed by atoms with Crippen molar-refractivity contribution in [3.63, 3.8) is 0 Å². The zero-order valence-corrected chi connectivity index (χ0v) is 25.4. The number of pyridine rings is 1. The van der Waals surface area contributed by atoms with E-state index in [4.69, 9.17) is 18.2 Å². The average Bonchev–Trinajstić information content (AvgIpc) is 3.98. The maximum absolute atomic E-state index is 6.15. The molecule has 7 aromatic heterocycles. The minimum atomic E-state index is 0.786. The first kappa shape index (κ1) is 25.5. The minimum absolute atomic E-state index is 0.786. The number of nitrogens with zero attached hydrogens (tertiary/aromatic N) is 4. The molecule has 7 heteroatoms. The molecular weight excluding hydrogens is 596 g/mol. The Balaban J connectivity index is 1.06. The molecule has 0 spiro atoms. The van der Waals surface area contributed by atoms with E-state index >= 15 is 0 Å². The molecule has 0 aliphatic carbocycles. The van der Waals surface area contributed by atoms with E-state index in [0.717, 1.165) is 88.9 Å². The van der Waals surface area contributed by atoms with Crippen LogP contribution in [0.1, 0.15) is 0 Å². The molecule has 0 radical (unpaired) electrons. The van der Waals surface area contributed by atoms with Crippen LogP contribution >= 0.6 is 0 Å². The lowest BCUT2D eigenvalue weighted by Gasteiger charge is -2.11. The molecule has 0 atom stereocenters. The standard InChI is InChI=1S/C41H24N4O3/c1-3-10-35-29(8-1)31-15-19-46-39(31)44(35)28-12-13-37-34(24-28)33-17-21-47-40(33)43(37)27-7-5-6-25(22-27)26-14-18-42-38(23-26)45-36-11-4-2-9-30(36)32-16-20-48-41(32)45/h1-24H. The van der Waals surface area contributed by atoms with Crippen molar-refractivity contribution in [2.24, 2.45) is 0 Å². The van der Waals surface area contributed by atoms with Gasteiger partial charge >= 0.3 is 0 Å². The fourth-order valence-corrected chi connectivity index (χ4v) is 7.52. The Kier molecular flexibility index (Phi) is 4.99. The van der Waals surface area contributed by atoms with E-state index in [9.17, 15) is 0 Å². The number of rotatable bonds is 4. The van der Waals surface area contributed by atoms with Gasteiger partial charge in [-0.2, -0.15) is 0 Å². The van der Waals surface area contributed by atoms with E-state index in [0.29, 0.717) is 0 Å². The van der Waals surface area contributed by atoms with Crippen LogP contribution in [-0.4, -0.2) is 18.7 Å². The van der Waals surface area contributed by atoms with Gasteiger partial charge in [-0.1, -0.05) is 48.5 Å². The summed E-state index contributed by atoms with van der Waals surface area (Å²) in [6.45, 7) is 0. The van der Waals surface area contributed by atoms with Crippen LogP contribution in [0.2, 0.25) is 0 Å². The summed E-state index contributed by atoms with van der Waals surface area (Å²) in [7, 11) is 0. The van der Waals surface area contributed by atoms with Crippen molar-refractivity contribution in [3.8, 4) is 28.3 Å². The van der Waals surface area contributed by atoms with Crippen molar-refractivity contribution in [2.75, 3.05) is 0 Å². The monoisotopic (exact) mass is 620 g/mol. The first-order valence-corrected chi connectivity index (χ1v) is 15.8. The van der Waals surface area contributed by atoms with Crippen molar-refractivity contribution >= 4 is 66.0 Å². The first-order valence-electron chi connectivity index (χ1n) is 15.8. The summed E-state index contributed by atoms with van der Waals surface area (Å²) in [5.74, 6) is 0.801. The molecule has 0 N–H and O–H groups in total. The Labute approximate surface area is 272 Å². The third-order valence-corrected chi connectivity index (χ3v) is 9.60. The maximum Gasteiger partial charge on any atom is 0.213 e. The number of hydrogen-bond acceptors (Lipinski definition) is 4. The largest absolute Gasteiger partial charge is 0.447 e.